The number of hydrogen-bond acceptors (Lipinski definition) is 3. The van der Waals surface area contributed by atoms with Crippen LogP contribution >= 0.6 is 0 Å². The fraction of sp³-hybridized carbons (Fsp3) is 1.00. The highest BCUT2D eigenvalue weighted by molar-refractivity contribution is 7.79. The van der Waals surface area contributed by atoms with Gasteiger partial charge in [0.15, 0.2) is 0 Å². The van der Waals surface area contributed by atoms with E-state index in [2.05, 4.69) is 19.2 Å². The largest absolute Gasteiger partial charge is 0.394 e. The molecule has 0 bridgehead atoms. The van der Waals surface area contributed by atoms with Gasteiger partial charge < -0.3 is 5.32 Å². The third-order valence-electron chi connectivity index (χ3n) is 1.13. The monoisotopic (exact) mass is 213 g/mol. The molecular weight excluding hydrogens is 194 g/mol. The summed E-state index contributed by atoms with van der Waals surface area (Å²) >= 11 is 0. The average Bonchev–Trinajstić information content (AvgIpc) is 1.95. The lowest BCUT2D eigenvalue weighted by Gasteiger charge is -1.98. The van der Waals surface area contributed by atoms with Gasteiger partial charge in [0.2, 0.25) is 0 Å². The molecule has 82 valence electrons. The zero-order valence-electron chi connectivity index (χ0n) is 8.15. The first-order valence-corrected chi connectivity index (χ1v) is 5.72. The molecule has 0 aliphatic heterocycles. The Balaban J connectivity index is 0. The molecule has 0 atom stereocenters. The van der Waals surface area contributed by atoms with E-state index in [-0.39, 0.29) is 0 Å². The Bertz CT molecular complexity index is 165. The Hall–Kier alpha value is -0.170. The summed E-state index contributed by atoms with van der Waals surface area (Å²) in [5.74, 6) is 0. The van der Waals surface area contributed by atoms with Gasteiger partial charge in [0.25, 0.3) is 0 Å². The summed E-state index contributed by atoms with van der Waals surface area (Å²) in [6.07, 6.45) is 3.88. The molecule has 0 saturated heterocycles. The third-order valence-corrected chi connectivity index (χ3v) is 1.13. The Labute approximate surface area is 80.1 Å². The summed E-state index contributed by atoms with van der Waals surface area (Å²) in [4.78, 5) is 0. The van der Waals surface area contributed by atoms with Crippen molar-refractivity contribution in [1.82, 2.24) is 5.32 Å². The van der Waals surface area contributed by atoms with E-state index in [0.29, 0.717) is 0 Å². The predicted octanol–water partition coefficient (Wildman–Crippen LogP) is 1.13. The van der Waals surface area contributed by atoms with Crippen LogP contribution in [0.5, 0.6) is 0 Å². The van der Waals surface area contributed by atoms with Gasteiger partial charge in [0.1, 0.15) is 0 Å². The minimum atomic E-state index is -4.67. The van der Waals surface area contributed by atoms with Gasteiger partial charge in [0.05, 0.1) is 0 Å². The summed E-state index contributed by atoms with van der Waals surface area (Å²) in [5, 5.41) is 3.34. The van der Waals surface area contributed by atoms with Crippen molar-refractivity contribution in [3.05, 3.63) is 0 Å². The van der Waals surface area contributed by atoms with Gasteiger partial charge in [-0.15, -0.1) is 0 Å². The summed E-state index contributed by atoms with van der Waals surface area (Å²) in [6.45, 7) is 6.79. The van der Waals surface area contributed by atoms with Crippen LogP contribution in [0.3, 0.4) is 0 Å². The van der Waals surface area contributed by atoms with Crippen LogP contribution in [0.15, 0.2) is 0 Å². The molecule has 5 nitrogen and oxygen atoms in total. The maximum absolute atomic E-state index is 8.74. The second-order valence-corrected chi connectivity index (χ2v) is 3.45. The van der Waals surface area contributed by atoms with Crippen LogP contribution < -0.4 is 5.32 Å². The van der Waals surface area contributed by atoms with Crippen LogP contribution in [0, 0.1) is 0 Å². The van der Waals surface area contributed by atoms with Crippen LogP contribution in [-0.4, -0.2) is 30.6 Å². The quantitative estimate of drug-likeness (QED) is 0.471. The molecule has 0 aromatic heterocycles. The Morgan fingerprint density at radius 3 is 1.85 bits per heavy atom. The summed E-state index contributed by atoms with van der Waals surface area (Å²) in [5.41, 5.74) is 0. The Morgan fingerprint density at radius 1 is 1.08 bits per heavy atom. The average molecular weight is 213 g/mol. The minimum Gasteiger partial charge on any atom is -0.317 e. The van der Waals surface area contributed by atoms with E-state index in [9.17, 15) is 0 Å². The normalized spacial score (nSPS) is 10.5. The molecule has 0 spiro atoms. The van der Waals surface area contributed by atoms with Crippen LogP contribution in [0.2, 0.25) is 0 Å². The standard InChI is InChI=1S/C7H17N.H2O4S/c1-3-5-7-8-6-4-2;1-5(2,3)4/h8H,3-7H2,1-2H3;(H2,1,2,3,4). The molecule has 13 heavy (non-hydrogen) atoms. The first-order valence-electron chi connectivity index (χ1n) is 4.32. The highest BCUT2D eigenvalue weighted by Gasteiger charge is 1.84. The molecule has 3 N–H and O–H groups in total. The van der Waals surface area contributed by atoms with E-state index in [1.54, 1.807) is 0 Å². The zero-order chi connectivity index (χ0) is 10.7. The predicted molar refractivity (Wildman–Crippen MR) is 52.2 cm³/mol. The zero-order valence-corrected chi connectivity index (χ0v) is 8.97. The lowest BCUT2D eigenvalue weighted by atomic mass is 10.3. The molecule has 0 aliphatic carbocycles. The Kier molecular flexibility index (Phi) is 11.7. The van der Waals surface area contributed by atoms with Crippen LogP contribution in [-0.2, 0) is 10.4 Å². The molecule has 0 heterocycles. The highest BCUT2D eigenvalue weighted by Crippen LogP contribution is 1.81. The fourth-order valence-corrected chi connectivity index (χ4v) is 0.604. The number of nitrogens with one attached hydrogen (secondary N) is 1. The van der Waals surface area contributed by atoms with E-state index in [4.69, 9.17) is 17.5 Å². The van der Waals surface area contributed by atoms with Gasteiger partial charge in [-0.3, -0.25) is 9.11 Å². The second-order valence-electron chi connectivity index (χ2n) is 2.55. The molecule has 0 radical (unpaired) electrons. The van der Waals surface area contributed by atoms with Gasteiger partial charge in [-0.25, -0.2) is 0 Å². The molecule has 0 amide bonds. The molecule has 6 heteroatoms. The van der Waals surface area contributed by atoms with Crippen molar-refractivity contribution >= 4 is 10.4 Å². The SMILES string of the molecule is CCCCNCCC.O=S(=O)(O)O. The van der Waals surface area contributed by atoms with Crippen molar-refractivity contribution < 1.29 is 17.5 Å². The molecular formula is C7H19NO4S. The fourth-order valence-electron chi connectivity index (χ4n) is 0.604. The van der Waals surface area contributed by atoms with Crippen molar-refractivity contribution in [2.75, 3.05) is 13.1 Å². The van der Waals surface area contributed by atoms with E-state index in [1.807, 2.05) is 0 Å². The maximum Gasteiger partial charge on any atom is 0.394 e. The highest BCUT2D eigenvalue weighted by atomic mass is 32.3. The van der Waals surface area contributed by atoms with Gasteiger partial charge in [-0.05, 0) is 25.9 Å². The first kappa shape index (κ1) is 15.3. The molecule has 0 aliphatic rings. The van der Waals surface area contributed by atoms with Gasteiger partial charge in [-0.2, -0.15) is 8.42 Å². The van der Waals surface area contributed by atoms with Crippen LogP contribution in [0.4, 0.5) is 0 Å². The van der Waals surface area contributed by atoms with Crippen molar-refractivity contribution in [2.24, 2.45) is 0 Å². The van der Waals surface area contributed by atoms with Crippen LogP contribution in [0.25, 0.3) is 0 Å². The molecule has 0 fully saturated rings. The van der Waals surface area contributed by atoms with Gasteiger partial charge in [0, 0.05) is 0 Å². The summed E-state index contributed by atoms with van der Waals surface area (Å²) < 4.78 is 31.6. The van der Waals surface area contributed by atoms with E-state index >= 15 is 0 Å². The summed E-state index contributed by atoms with van der Waals surface area (Å²) in [7, 11) is -4.67. The van der Waals surface area contributed by atoms with Crippen molar-refractivity contribution in [1.29, 1.82) is 0 Å². The van der Waals surface area contributed by atoms with E-state index in [0.717, 1.165) is 0 Å². The van der Waals surface area contributed by atoms with Crippen molar-refractivity contribution in [3.8, 4) is 0 Å². The minimum absolute atomic E-state index is 1.18. The molecule has 0 unspecified atom stereocenters. The second kappa shape index (κ2) is 9.91. The van der Waals surface area contributed by atoms with E-state index < -0.39 is 10.4 Å². The lowest BCUT2D eigenvalue weighted by Crippen LogP contribution is -2.15. The topological polar surface area (TPSA) is 86.6 Å². The maximum atomic E-state index is 8.74. The molecule has 0 aromatic rings. The molecule has 0 aromatic carbocycles. The Morgan fingerprint density at radius 2 is 1.54 bits per heavy atom. The van der Waals surface area contributed by atoms with E-state index in [1.165, 1.54) is 32.4 Å². The van der Waals surface area contributed by atoms with Crippen LogP contribution in [0.1, 0.15) is 33.1 Å². The van der Waals surface area contributed by atoms with Crippen molar-refractivity contribution in [3.63, 3.8) is 0 Å². The molecule has 0 saturated carbocycles. The van der Waals surface area contributed by atoms with Gasteiger partial charge >= 0.3 is 10.4 Å². The lowest BCUT2D eigenvalue weighted by molar-refractivity contribution is 0.381. The van der Waals surface area contributed by atoms with Gasteiger partial charge in [-0.1, -0.05) is 20.3 Å². The number of unbranched alkanes of at least 4 members (excludes halogenated alkanes) is 1. The summed E-state index contributed by atoms with van der Waals surface area (Å²) in [6, 6.07) is 0. The smallest absolute Gasteiger partial charge is 0.317 e. The first-order chi connectivity index (χ1) is 5.91. The van der Waals surface area contributed by atoms with Crippen molar-refractivity contribution in [2.45, 2.75) is 33.1 Å². The number of rotatable bonds is 5. The number of hydrogen-bond donors (Lipinski definition) is 3. The molecule has 0 rings (SSSR count). The third kappa shape index (κ3) is 49.0.